The molecular formula is C24H26F2N2O3. The van der Waals surface area contributed by atoms with Gasteiger partial charge in [-0.3, -0.25) is 4.90 Å². The maximum absolute atomic E-state index is 14.5. The summed E-state index contributed by atoms with van der Waals surface area (Å²) >= 11 is 0. The number of halogens is 2. The van der Waals surface area contributed by atoms with Crippen LogP contribution in [-0.2, 0) is 13.1 Å². The highest BCUT2D eigenvalue weighted by atomic mass is 19.1. The van der Waals surface area contributed by atoms with Gasteiger partial charge in [-0.15, -0.1) is 0 Å². The Morgan fingerprint density at radius 1 is 0.903 bits per heavy atom. The molecule has 1 atom stereocenters. The number of ether oxygens (including phenoxy) is 3. The predicted molar refractivity (Wildman–Crippen MR) is 114 cm³/mol. The zero-order valence-electron chi connectivity index (χ0n) is 17.9. The first kappa shape index (κ1) is 21.2. The van der Waals surface area contributed by atoms with E-state index in [0.29, 0.717) is 29.4 Å². The molecule has 1 aromatic heterocycles. The second kappa shape index (κ2) is 8.98. The minimum Gasteiger partial charge on any atom is -0.496 e. The second-order valence-electron chi connectivity index (χ2n) is 7.54. The Kier molecular flexibility index (Phi) is 6.13. The number of benzene rings is 2. The van der Waals surface area contributed by atoms with E-state index in [9.17, 15) is 8.78 Å². The van der Waals surface area contributed by atoms with Crippen LogP contribution in [0.2, 0.25) is 0 Å². The van der Waals surface area contributed by atoms with Crippen molar-refractivity contribution in [3.05, 3.63) is 77.1 Å². The first-order valence-corrected chi connectivity index (χ1v) is 10.2. The lowest BCUT2D eigenvalue weighted by Gasteiger charge is -2.32. The van der Waals surface area contributed by atoms with Gasteiger partial charge in [-0.05, 0) is 42.8 Å². The van der Waals surface area contributed by atoms with Gasteiger partial charge >= 0.3 is 0 Å². The molecule has 0 saturated heterocycles. The zero-order chi connectivity index (χ0) is 22.0. The van der Waals surface area contributed by atoms with Crippen LogP contribution >= 0.6 is 0 Å². The summed E-state index contributed by atoms with van der Waals surface area (Å²) in [6.07, 6.45) is 2.92. The van der Waals surface area contributed by atoms with Crippen LogP contribution in [0, 0.1) is 11.6 Å². The van der Waals surface area contributed by atoms with Crippen molar-refractivity contribution < 1.29 is 23.0 Å². The quantitative estimate of drug-likeness (QED) is 0.566. The van der Waals surface area contributed by atoms with E-state index in [0.717, 1.165) is 30.3 Å². The highest BCUT2D eigenvalue weighted by Crippen LogP contribution is 2.43. The van der Waals surface area contributed by atoms with Crippen LogP contribution in [0.3, 0.4) is 0 Å². The molecule has 0 aliphatic carbocycles. The molecule has 31 heavy (non-hydrogen) atoms. The van der Waals surface area contributed by atoms with Crippen molar-refractivity contribution in [2.75, 3.05) is 27.9 Å². The van der Waals surface area contributed by atoms with E-state index < -0.39 is 11.6 Å². The van der Waals surface area contributed by atoms with E-state index in [-0.39, 0.29) is 12.6 Å². The zero-order valence-corrected chi connectivity index (χ0v) is 17.9. The average Bonchev–Trinajstić information content (AvgIpc) is 3.17. The van der Waals surface area contributed by atoms with Crippen molar-refractivity contribution in [2.24, 2.45) is 0 Å². The number of hydrogen-bond donors (Lipinski definition) is 0. The summed E-state index contributed by atoms with van der Waals surface area (Å²) < 4.78 is 47.2. The lowest BCUT2D eigenvalue weighted by molar-refractivity contribution is 0.212. The van der Waals surface area contributed by atoms with E-state index >= 15 is 0 Å². The largest absolute Gasteiger partial charge is 0.496 e. The molecule has 164 valence electrons. The number of aromatic nitrogens is 1. The van der Waals surface area contributed by atoms with Crippen LogP contribution in [-0.4, -0.2) is 37.3 Å². The molecule has 0 fully saturated rings. The fourth-order valence-electron chi connectivity index (χ4n) is 4.32. The minimum absolute atomic E-state index is 0.241. The normalized spacial score (nSPS) is 16.5. The molecule has 5 nitrogen and oxygen atoms in total. The maximum atomic E-state index is 14.5. The van der Waals surface area contributed by atoms with Crippen molar-refractivity contribution in [1.29, 1.82) is 0 Å². The average molecular weight is 428 g/mol. The lowest BCUT2D eigenvalue weighted by atomic mass is 9.99. The number of nitrogens with zero attached hydrogens (tertiary/aromatic N) is 2. The van der Waals surface area contributed by atoms with E-state index in [1.807, 2.05) is 18.3 Å². The maximum Gasteiger partial charge on any atom is 0.164 e. The monoisotopic (exact) mass is 428 g/mol. The third-order valence-electron chi connectivity index (χ3n) is 5.77. The summed E-state index contributed by atoms with van der Waals surface area (Å²) in [5.41, 5.74) is 2.25. The Morgan fingerprint density at radius 2 is 1.65 bits per heavy atom. The van der Waals surface area contributed by atoms with Crippen LogP contribution in [0.25, 0.3) is 0 Å². The second-order valence-corrected chi connectivity index (χ2v) is 7.54. The minimum atomic E-state index is -0.449. The van der Waals surface area contributed by atoms with E-state index in [2.05, 4.69) is 15.5 Å². The highest BCUT2D eigenvalue weighted by Gasteiger charge is 2.31. The Bertz CT molecular complexity index is 1070. The molecule has 0 saturated carbocycles. The van der Waals surface area contributed by atoms with Gasteiger partial charge in [-0.2, -0.15) is 0 Å². The lowest BCUT2D eigenvalue weighted by Crippen LogP contribution is -2.30. The van der Waals surface area contributed by atoms with Gasteiger partial charge in [0.15, 0.2) is 11.5 Å². The molecule has 0 bridgehead atoms. The van der Waals surface area contributed by atoms with Crippen molar-refractivity contribution >= 4 is 0 Å². The summed E-state index contributed by atoms with van der Waals surface area (Å²) in [6.45, 7) is 1.81. The third-order valence-corrected chi connectivity index (χ3v) is 5.77. The van der Waals surface area contributed by atoms with Gasteiger partial charge in [0.25, 0.3) is 0 Å². The van der Waals surface area contributed by atoms with E-state index in [1.54, 1.807) is 27.4 Å². The van der Waals surface area contributed by atoms with Crippen LogP contribution in [0.1, 0.15) is 29.3 Å². The predicted octanol–water partition coefficient (Wildman–Crippen LogP) is 4.79. The Morgan fingerprint density at radius 3 is 2.39 bits per heavy atom. The first-order chi connectivity index (χ1) is 15.0. The smallest absolute Gasteiger partial charge is 0.164 e. The van der Waals surface area contributed by atoms with E-state index in [4.69, 9.17) is 14.2 Å². The van der Waals surface area contributed by atoms with Gasteiger partial charge in [0.1, 0.15) is 17.4 Å². The Balaban J connectivity index is 1.85. The summed E-state index contributed by atoms with van der Waals surface area (Å²) in [5.74, 6) is 0.920. The Labute approximate surface area is 180 Å². The first-order valence-electron chi connectivity index (χ1n) is 10.2. The molecule has 0 radical (unpaired) electrons. The number of hydrogen-bond acceptors (Lipinski definition) is 4. The molecule has 1 aliphatic heterocycles. The van der Waals surface area contributed by atoms with Gasteiger partial charge in [-0.1, -0.05) is 0 Å². The van der Waals surface area contributed by atoms with Gasteiger partial charge in [0.05, 0.1) is 27.4 Å². The highest BCUT2D eigenvalue weighted by molar-refractivity contribution is 5.53. The molecule has 1 aliphatic rings. The number of fused-ring (bicyclic) bond motifs is 1. The van der Waals surface area contributed by atoms with Gasteiger partial charge in [-0.25, -0.2) is 8.78 Å². The van der Waals surface area contributed by atoms with Gasteiger partial charge in [0, 0.05) is 48.7 Å². The van der Waals surface area contributed by atoms with Crippen molar-refractivity contribution in [1.82, 2.24) is 9.47 Å². The molecule has 1 unspecified atom stereocenters. The van der Waals surface area contributed by atoms with Crippen molar-refractivity contribution in [2.45, 2.75) is 25.6 Å². The standard InChI is InChI=1S/C24H26F2N2O3/c1-29-21-14-23(31-3)22(30-2)13-18(21)24-20-6-4-9-27(20)10-5-11-28(24)15-16-12-17(25)7-8-19(16)26/h4,6-9,12-14,24H,5,10-11,15H2,1-3H3. The van der Waals surface area contributed by atoms with Crippen molar-refractivity contribution in [3.63, 3.8) is 0 Å². The van der Waals surface area contributed by atoms with Crippen LogP contribution in [0.5, 0.6) is 17.2 Å². The van der Waals surface area contributed by atoms with E-state index in [1.165, 1.54) is 12.1 Å². The van der Waals surface area contributed by atoms with Gasteiger partial charge in [0.2, 0.25) is 0 Å². The molecule has 0 amide bonds. The molecule has 0 N–H and O–H groups in total. The molecule has 2 heterocycles. The summed E-state index contributed by atoms with van der Waals surface area (Å²) in [6, 6.07) is 11.1. The molecule has 3 aromatic rings. The number of rotatable bonds is 6. The molecule has 0 spiro atoms. The number of aryl methyl sites for hydroxylation is 1. The Hall–Kier alpha value is -3.06. The van der Waals surface area contributed by atoms with Crippen LogP contribution in [0.15, 0.2) is 48.7 Å². The van der Waals surface area contributed by atoms with Crippen LogP contribution in [0.4, 0.5) is 8.78 Å². The molecular weight excluding hydrogens is 402 g/mol. The number of methoxy groups -OCH3 is 3. The third kappa shape index (κ3) is 4.10. The molecule has 2 aromatic carbocycles. The fourth-order valence-corrected chi connectivity index (χ4v) is 4.32. The summed E-state index contributed by atoms with van der Waals surface area (Å²) in [7, 11) is 4.77. The molecule has 4 rings (SSSR count). The van der Waals surface area contributed by atoms with Crippen LogP contribution < -0.4 is 14.2 Å². The summed E-state index contributed by atoms with van der Waals surface area (Å²) in [5, 5.41) is 0. The molecule has 7 heteroatoms. The SMILES string of the molecule is COc1cc(OC)c(C2c3cccn3CCCN2Cc2cc(F)ccc2F)cc1OC. The summed E-state index contributed by atoms with van der Waals surface area (Å²) in [4.78, 5) is 2.15. The topological polar surface area (TPSA) is 35.9 Å². The van der Waals surface area contributed by atoms with Crippen molar-refractivity contribution in [3.8, 4) is 17.2 Å². The fraction of sp³-hybridized carbons (Fsp3) is 0.333. The van der Waals surface area contributed by atoms with Gasteiger partial charge < -0.3 is 18.8 Å².